The van der Waals surface area contributed by atoms with Crippen molar-refractivity contribution in [2.45, 2.75) is 18.8 Å². The molecule has 0 saturated heterocycles. The first-order chi connectivity index (χ1) is 11.1. The molecule has 2 aromatic rings. The van der Waals surface area contributed by atoms with Crippen molar-refractivity contribution >= 4 is 29.0 Å². The number of anilines is 1. The van der Waals surface area contributed by atoms with E-state index in [4.69, 9.17) is 11.6 Å². The third kappa shape index (κ3) is 2.17. The summed E-state index contributed by atoms with van der Waals surface area (Å²) in [6.07, 6.45) is 1.23. The molecule has 0 bridgehead atoms. The van der Waals surface area contributed by atoms with Crippen LogP contribution in [0.4, 0.5) is 10.1 Å². The van der Waals surface area contributed by atoms with Crippen molar-refractivity contribution in [2.24, 2.45) is 0 Å². The molecule has 4 rings (SSSR count). The fourth-order valence-corrected chi connectivity index (χ4v) is 3.71. The van der Waals surface area contributed by atoms with Crippen LogP contribution in [0.3, 0.4) is 0 Å². The number of hydrogen-bond acceptors (Lipinski definition) is 2. The summed E-state index contributed by atoms with van der Waals surface area (Å²) in [6.45, 7) is 0.487. The maximum Gasteiger partial charge on any atom is 0.261 e. The SMILES string of the molecule is O=C1CCC2CN(C(=O)c3ccc(Cl)cc3F)c3cccc1c32. The van der Waals surface area contributed by atoms with Gasteiger partial charge in [0.1, 0.15) is 5.82 Å². The molecule has 23 heavy (non-hydrogen) atoms. The van der Waals surface area contributed by atoms with Gasteiger partial charge in [0.2, 0.25) is 0 Å². The number of halogens is 2. The lowest BCUT2D eigenvalue weighted by atomic mass is 9.83. The van der Waals surface area contributed by atoms with Crippen LogP contribution in [0.25, 0.3) is 0 Å². The van der Waals surface area contributed by atoms with Gasteiger partial charge in [-0.15, -0.1) is 0 Å². The molecule has 1 heterocycles. The third-order valence-electron chi connectivity index (χ3n) is 4.61. The monoisotopic (exact) mass is 329 g/mol. The van der Waals surface area contributed by atoms with E-state index >= 15 is 0 Å². The molecule has 0 fully saturated rings. The van der Waals surface area contributed by atoms with E-state index in [1.54, 1.807) is 11.0 Å². The number of ketones is 1. The van der Waals surface area contributed by atoms with Gasteiger partial charge in [0.25, 0.3) is 5.91 Å². The van der Waals surface area contributed by atoms with E-state index in [2.05, 4.69) is 0 Å². The Labute approximate surface area is 137 Å². The molecular formula is C18H13ClFNO2. The molecule has 116 valence electrons. The van der Waals surface area contributed by atoms with Crippen LogP contribution in [0.15, 0.2) is 36.4 Å². The summed E-state index contributed by atoms with van der Waals surface area (Å²) in [5, 5.41) is 0.254. The Kier molecular flexibility index (Phi) is 3.23. The largest absolute Gasteiger partial charge is 0.307 e. The van der Waals surface area contributed by atoms with E-state index in [0.717, 1.165) is 23.7 Å². The Morgan fingerprint density at radius 1 is 1.26 bits per heavy atom. The molecule has 1 atom stereocenters. The smallest absolute Gasteiger partial charge is 0.261 e. The molecule has 3 nitrogen and oxygen atoms in total. The fourth-order valence-electron chi connectivity index (χ4n) is 3.55. The van der Waals surface area contributed by atoms with E-state index in [0.29, 0.717) is 18.5 Å². The molecule has 0 saturated carbocycles. The van der Waals surface area contributed by atoms with Gasteiger partial charge in [-0.3, -0.25) is 9.59 Å². The zero-order valence-electron chi connectivity index (χ0n) is 12.2. The number of carbonyl (C=O) groups is 2. The molecule has 0 radical (unpaired) electrons. The van der Waals surface area contributed by atoms with Crippen molar-refractivity contribution in [1.82, 2.24) is 0 Å². The molecular weight excluding hydrogens is 317 g/mol. The molecule has 0 N–H and O–H groups in total. The van der Waals surface area contributed by atoms with E-state index in [1.165, 1.54) is 12.1 Å². The molecule has 1 aliphatic heterocycles. The lowest BCUT2D eigenvalue weighted by molar-refractivity contribution is 0.0968. The fraction of sp³-hybridized carbons (Fsp3) is 0.222. The number of Topliss-reactive ketones (excluding diaryl/α,β-unsaturated/α-hetero) is 1. The Morgan fingerprint density at radius 3 is 2.87 bits per heavy atom. The first kappa shape index (κ1) is 14.4. The lowest BCUT2D eigenvalue weighted by Gasteiger charge is -2.18. The minimum atomic E-state index is -0.630. The Morgan fingerprint density at radius 2 is 2.09 bits per heavy atom. The summed E-state index contributed by atoms with van der Waals surface area (Å²) < 4.78 is 14.1. The molecule has 1 aliphatic carbocycles. The van der Waals surface area contributed by atoms with Crippen molar-refractivity contribution in [2.75, 3.05) is 11.4 Å². The van der Waals surface area contributed by atoms with Gasteiger partial charge in [-0.05, 0) is 36.2 Å². The number of nitrogens with zero attached hydrogens (tertiary/aromatic N) is 1. The van der Waals surface area contributed by atoms with Crippen LogP contribution in [-0.2, 0) is 0 Å². The zero-order chi connectivity index (χ0) is 16.1. The molecule has 0 aromatic heterocycles. The van der Waals surface area contributed by atoms with E-state index < -0.39 is 11.7 Å². The average Bonchev–Trinajstić information content (AvgIpc) is 2.91. The number of hydrogen-bond donors (Lipinski definition) is 0. The summed E-state index contributed by atoms with van der Waals surface area (Å²) in [7, 11) is 0. The van der Waals surface area contributed by atoms with Gasteiger partial charge < -0.3 is 4.90 Å². The molecule has 5 heteroatoms. The van der Waals surface area contributed by atoms with Gasteiger partial charge in [0.05, 0.1) is 5.56 Å². The van der Waals surface area contributed by atoms with Gasteiger partial charge in [0.15, 0.2) is 5.78 Å². The average molecular weight is 330 g/mol. The standard InChI is InChI=1S/C18H13ClFNO2/c19-11-5-6-12(14(20)8-11)18(23)21-9-10-4-7-16(22)13-2-1-3-15(21)17(10)13/h1-3,5-6,8,10H,4,7,9H2. The van der Waals surface area contributed by atoms with Crippen LogP contribution in [-0.4, -0.2) is 18.2 Å². The quantitative estimate of drug-likeness (QED) is 0.786. The Hall–Kier alpha value is -2.20. The Balaban J connectivity index is 1.79. The van der Waals surface area contributed by atoms with Crippen molar-refractivity contribution in [1.29, 1.82) is 0 Å². The van der Waals surface area contributed by atoms with Crippen molar-refractivity contribution in [3.8, 4) is 0 Å². The number of rotatable bonds is 1. The second kappa shape index (κ2) is 5.17. The van der Waals surface area contributed by atoms with Gasteiger partial charge in [-0.25, -0.2) is 4.39 Å². The van der Waals surface area contributed by atoms with E-state index in [9.17, 15) is 14.0 Å². The number of benzene rings is 2. The van der Waals surface area contributed by atoms with Gasteiger partial charge in [-0.2, -0.15) is 0 Å². The lowest BCUT2D eigenvalue weighted by Crippen LogP contribution is -2.30. The topological polar surface area (TPSA) is 37.4 Å². The van der Waals surface area contributed by atoms with Gasteiger partial charge >= 0.3 is 0 Å². The van der Waals surface area contributed by atoms with Crippen LogP contribution < -0.4 is 4.90 Å². The zero-order valence-corrected chi connectivity index (χ0v) is 12.9. The summed E-state index contributed by atoms with van der Waals surface area (Å²) in [5.74, 6) is -0.757. The van der Waals surface area contributed by atoms with Crippen LogP contribution in [0.1, 0.15) is 45.0 Å². The second-order valence-corrected chi connectivity index (χ2v) is 6.37. The molecule has 1 unspecified atom stereocenters. The highest BCUT2D eigenvalue weighted by molar-refractivity contribution is 6.30. The summed E-state index contributed by atoms with van der Waals surface area (Å²) in [4.78, 5) is 26.4. The third-order valence-corrected chi connectivity index (χ3v) is 4.85. The van der Waals surface area contributed by atoms with Crippen LogP contribution in [0.2, 0.25) is 5.02 Å². The van der Waals surface area contributed by atoms with Gasteiger partial charge in [-0.1, -0.05) is 23.7 Å². The minimum absolute atomic E-state index is 0.00280. The van der Waals surface area contributed by atoms with Crippen LogP contribution >= 0.6 is 11.6 Å². The number of amides is 1. The summed E-state index contributed by atoms with van der Waals surface area (Å²) in [5.41, 5.74) is 2.36. The van der Waals surface area contributed by atoms with Crippen molar-refractivity contribution in [3.05, 3.63) is 63.9 Å². The van der Waals surface area contributed by atoms with Crippen LogP contribution in [0, 0.1) is 5.82 Å². The maximum atomic E-state index is 14.1. The highest BCUT2D eigenvalue weighted by Crippen LogP contribution is 2.44. The highest BCUT2D eigenvalue weighted by atomic mass is 35.5. The number of carbonyl (C=O) groups excluding carboxylic acids is 2. The Bertz CT molecular complexity index is 849. The minimum Gasteiger partial charge on any atom is -0.307 e. The predicted molar refractivity (Wildman–Crippen MR) is 85.8 cm³/mol. The van der Waals surface area contributed by atoms with Crippen molar-refractivity contribution < 1.29 is 14.0 Å². The normalized spacial score (nSPS) is 19.0. The first-order valence-electron chi connectivity index (χ1n) is 7.49. The molecule has 1 amide bonds. The van der Waals surface area contributed by atoms with E-state index in [1.807, 2.05) is 12.1 Å². The summed E-state index contributed by atoms with van der Waals surface area (Å²) in [6, 6.07) is 9.46. The van der Waals surface area contributed by atoms with Gasteiger partial charge in [0, 0.05) is 35.2 Å². The van der Waals surface area contributed by atoms with E-state index in [-0.39, 0.29) is 22.3 Å². The first-order valence-corrected chi connectivity index (χ1v) is 7.87. The highest BCUT2D eigenvalue weighted by Gasteiger charge is 2.38. The van der Waals surface area contributed by atoms with Crippen molar-refractivity contribution in [3.63, 3.8) is 0 Å². The van der Waals surface area contributed by atoms with Crippen LogP contribution in [0.5, 0.6) is 0 Å². The summed E-state index contributed by atoms with van der Waals surface area (Å²) >= 11 is 5.75. The molecule has 2 aromatic carbocycles. The molecule has 2 aliphatic rings. The maximum absolute atomic E-state index is 14.1. The second-order valence-electron chi connectivity index (χ2n) is 5.94. The molecule has 0 spiro atoms. The predicted octanol–water partition coefficient (Wildman–Crippen LogP) is 4.20.